The highest BCUT2D eigenvalue weighted by molar-refractivity contribution is 9.10. The number of hydrogen-bond acceptors (Lipinski definition) is 1. The fourth-order valence-electron chi connectivity index (χ4n) is 1.13. The molecule has 1 aromatic carbocycles. The summed E-state index contributed by atoms with van der Waals surface area (Å²) in [5.41, 5.74) is -1.98. The molecule has 0 saturated carbocycles. The molecule has 0 aliphatic heterocycles. The summed E-state index contributed by atoms with van der Waals surface area (Å²) in [6.45, 7) is 0. The summed E-state index contributed by atoms with van der Waals surface area (Å²) in [4.78, 5) is 11.2. The number of carbonyl (C=O) groups is 1. The average molecular weight is 319 g/mol. The summed E-state index contributed by atoms with van der Waals surface area (Å²) in [6.07, 6.45) is -4.73. The number of carbonyl (C=O) groups excluding carboxylic acids is 1. The van der Waals surface area contributed by atoms with Crippen molar-refractivity contribution in [1.29, 1.82) is 0 Å². The van der Waals surface area contributed by atoms with Crippen molar-refractivity contribution in [2.45, 2.75) is 6.18 Å². The van der Waals surface area contributed by atoms with Gasteiger partial charge >= 0.3 is 6.18 Å². The Labute approximate surface area is 102 Å². The predicted molar refractivity (Wildman–Crippen MR) is 54.2 cm³/mol. The fraction of sp³-hybridized carbons (Fsp3) is 0.222. The van der Waals surface area contributed by atoms with Crippen molar-refractivity contribution < 1.29 is 22.4 Å². The van der Waals surface area contributed by atoms with Crippen LogP contribution < -0.4 is 0 Å². The first-order valence-corrected chi connectivity index (χ1v) is 5.26. The maximum absolute atomic E-state index is 13.0. The van der Waals surface area contributed by atoms with Gasteiger partial charge in [0.15, 0.2) is 5.78 Å². The van der Waals surface area contributed by atoms with E-state index in [-0.39, 0.29) is 0 Å². The lowest BCUT2D eigenvalue weighted by molar-refractivity contribution is -0.138. The van der Waals surface area contributed by atoms with Crippen LogP contribution in [0.25, 0.3) is 0 Å². The second kappa shape index (κ2) is 4.71. The van der Waals surface area contributed by atoms with Crippen molar-refractivity contribution >= 4 is 33.3 Å². The zero-order chi connectivity index (χ0) is 12.5. The molecule has 88 valence electrons. The van der Waals surface area contributed by atoms with Gasteiger partial charge in [0.2, 0.25) is 0 Å². The molecule has 0 unspecified atom stereocenters. The largest absolute Gasteiger partial charge is 0.417 e. The first-order chi connectivity index (χ1) is 7.29. The van der Waals surface area contributed by atoms with Crippen LogP contribution in [0.5, 0.6) is 0 Å². The molecule has 0 amide bonds. The van der Waals surface area contributed by atoms with Gasteiger partial charge in [0.25, 0.3) is 0 Å². The van der Waals surface area contributed by atoms with Crippen LogP contribution in [0.2, 0.25) is 0 Å². The lowest BCUT2D eigenvalue weighted by Crippen LogP contribution is -2.15. The predicted octanol–water partition coefficient (Wildman–Crippen LogP) is 4.03. The van der Waals surface area contributed by atoms with Crippen LogP contribution in [0.1, 0.15) is 15.9 Å². The van der Waals surface area contributed by atoms with Crippen molar-refractivity contribution in [1.82, 2.24) is 0 Å². The zero-order valence-electron chi connectivity index (χ0n) is 7.54. The molecular formula is C9H4BrClF4O. The Kier molecular flexibility index (Phi) is 3.96. The van der Waals surface area contributed by atoms with E-state index in [4.69, 9.17) is 11.6 Å². The van der Waals surface area contributed by atoms with E-state index in [0.717, 1.165) is 0 Å². The smallest absolute Gasteiger partial charge is 0.293 e. The van der Waals surface area contributed by atoms with E-state index in [1.165, 1.54) is 0 Å². The molecule has 0 bridgehead atoms. The number of benzene rings is 1. The van der Waals surface area contributed by atoms with Crippen molar-refractivity contribution in [2.75, 3.05) is 5.88 Å². The van der Waals surface area contributed by atoms with Gasteiger partial charge in [0.1, 0.15) is 5.82 Å². The molecule has 1 aromatic rings. The summed E-state index contributed by atoms with van der Waals surface area (Å²) >= 11 is 7.78. The van der Waals surface area contributed by atoms with E-state index in [1.807, 2.05) is 0 Å². The molecule has 7 heteroatoms. The molecular weight excluding hydrogens is 315 g/mol. The molecule has 0 aliphatic carbocycles. The van der Waals surface area contributed by atoms with Gasteiger partial charge in [-0.15, -0.1) is 11.6 Å². The highest BCUT2D eigenvalue weighted by atomic mass is 79.9. The lowest BCUT2D eigenvalue weighted by atomic mass is 10.0. The number of ketones is 1. The third kappa shape index (κ3) is 2.55. The van der Waals surface area contributed by atoms with Crippen LogP contribution in [0.3, 0.4) is 0 Å². The topological polar surface area (TPSA) is 17.1 Å². The Morgan fingerprint density at radius 1 is 1.38 bits per heavy atom. The number of rotatable bonds is 2. The Bertz CT molecular complexity index is 430. The molecule has 0 radical (unpaired) electrons. The summed E-state index contributed by atoms with van der Waals surface area (Å²) in [5.74, 6) is -2.58. The van der Waals surface area contributed by atoms with E-state index in [2.05, 4.69) is 15.9 Å². The molecule has 0 atom stereocenters. The molecule has 0 saturated heterocycles. The maximum Gasteiger partial charge on any atom is 0.417 e. The Morgan fingerprint density at radius 3 is 2.38 bits per heavy atom. The van der Waals surface area contributed by atoms with E-state index in [0.29, 0.717) is 12.1 Å². The minimum absolute atomic E-state index is 0.514. The van der Waals surface area contributed by atoms with Gasteiger partial charge in [0, 0.05) is 5.56 Å². The number of Topliss-reactive ketones (excluding diaryl/α,β-unsaturated/α-hetero) is 1. The third-order valence-corrected chi connectivity index (χ3v) is 2.82. The molecule has 0 fully saturated rings. The van der Waals surface area contributed by atoms with E-state index in [9.17, 15) is 22.4 Å². The van der Waals surface area contributed by atoms with Gasteiger partial charge in [-0.05, 0) is 28.1 Å². The molecule has 0 heterocycles. The number of hydrogen-bond donors (Lipinski definition) is 0. The molecule has 1 rings (SSSR count). The molecule has 16 heavy (non-hydrogen) atoms. The number of alkyl halides is 4. The Morgan fingerprint density at radius 2 is 1.94 bits per heavy atom. The van der Waals surface area contributed by atoms with Crippen molar-refractivity contribution in [3.63, 3.8) is 0 Å². The highest BCUT2D eigenvalue weighted by Crippen LogP contribution is 2.36. The van der Waals surface area contributed by atoms with Crippen LogP contribution in [-0.2, 0) is 6.18 Å². The van der Waals surface area contributed by atoms with Gasteiger partial charge in [-0.2, -0.15) is 13.2 Å². The summed E-state index contributed by atoms with van der Waals surface area (Å²) in [5, 5.41) is 0. The summed E-state index contributed by atoms with van der Waals surface area (Å²) in [7, 11) is 0. The Hall–Kier alpha value is -0.620. The average Bonchev–Trinajstić information content (AvgIpc) is 2.19. The normalized spacial score (nSPS) is 11.6. The van der Waals surface area contributed by atoms with E-state index >= 15 is 0 Å². The van der Waals surface area contributed by atoms with Crippen molar-refractivity contribution in [2.24, 2.45) is 0 Å². The van der Waals surface area contributed by atoms with Gasteiger partial charge in [0.05, 0.1) is 15.9 Å². The second-order valence-corrected chi connectivity index (χ2v) is 3.90. The quantitative estimate of drug-likeness (QED) is 0.457. The van der Waals surface area contributed by atoms with Crippen LogP contribution in [0, 0.1) is 5.82 Å². The molecule has 0 N–H and O–H groups in total. The van der Waals surface area contributed by atoms with Crippen LogP contribution in [-0.4, -0.2) is 11.7 Å². The van der Waals surface area contributed by atoms with Gasteiger partial charge in [-0.1, -0.05) is 0 Å². The number of halogens is 6. The van der Waals surface area contributed by atoms with Crippen molar-refractivity contribution in [3.05, 3.63) is 33.5 Å². The fourth-order valence-corrected chi connectivity index (χ4v) is 1.83. The maximum atomic E-state index is 13.0. The standard InChI is InChI=1S/C9H4BrClF4O/c10-8-5(12)2-1-4(9(13,14)15)7(8)6(16)3-11/h1-2H,3H2. The monoisotopic (exact) mass is 318 g/mol. The first-order valence-electron chi connectivity index (χ1n) is 3.93. The third-order valence-electron chi connectivity index (χ3n) is 1.80. The van der Waals surface area contributed by atoms with Gasteiger partial charge in [-0.3, -0.25) is 4.79 Å². The molecule has 1 nitrogen and oxygen atoms in total. The summed E-state index contributed by atoms with van der Waals surface area (Å²) in [6, 6.07) is 1.15. The zero-order valence-corrected chi connectivity index (χ0v) is 9.88. The highest BCUT2D eigenvalue weighted by Gasteiger charge is 2.36. The molecule has 0 spiro atoms. The first kappa shape index (κ1) is 13.4. The SMILES string of the molecule is O=C(CCl)c1c(C(F)(F)F)ccc(F)c1Br. The van der Waals surface area contributed by atoms with Gasteiger partial charge < -0.3 is 0 Å². The van der Waals surface area contributed by atoms with Gasteiger partial charge in [-0.25, -0.2) is 4.39 Å². The van der Waals surface area contributed by atoms with E-state index < -0.39 is 39.3 Å². The molecule has 0 aromatic heterocycles. The van der Waals surface area contributed by atoms with Crippen LogP contribution in [0.15, 0.2) is 16.6 Å². The summed E-state index contributed by atoms with van der Waals surface area (Å²) < 4.78 is 50.1. The van der Waals surface area contributed by atoms with E-state index in [1.54, 1.807) is 0 Å². The van der Waals surface area contributed by atoms with Crippen molar-refractivity contribution in [3.8, 4) is 0 Å². The minimum Gasteiger partial charge on any atom is -0.293 e. The lowest BCUT2D eigenvalue weighted by Gasteiger charge is -2.13. The molecule has 0 aliphatic rings. The van der Waals surface area contributed by atoms with Crippen LogP contribution >= 0.6 is 27.5 Å². The second-order valence-electron chi connectivity index (χ2n) is 2.84. The minimum atomic E-state index is -4.73. The van der Waals surface area contributed by atoms with Crippen LogP contribution in [0.4, 0.5) is 17.6 Å². The Balaban J connectivity index is 3.51.